The van der Waals surface area contributed by atoms with E-state index in [1.165, 1.54) is 14.2 Å². The van der Waals surface area contributed by atoms with Crippen molar-refractivity contribution < 1.29 is 19.1 Å². The van der Waals surface area contributed by atoms with Gasteiger partial charge in [-0.1, -0.05) is 12.1 Å². The molecular formula is C18H20N2O4. The van der Waals surface area contributed by atoms with E-state index < -0.39 is 0 Å². The van der Waals surface area contributed by atoms with Gasteiger partial charge in [0.05, 0.1) is 30.5 Å². The Bertz CT molecular complexity index is 744. The molecule has 0 aliphatic heterocycles. The Morgan fingerprint density at radius 3 is 2.46 bits per heavy atom. The van der Waals surface area contributed by atoms with E-state index in [-0.39, 0.29) is 11.8 Å². The lowest BCUT2D eigenvalue weighted by Crippen LogP contribution is -2.22. The number of hydrogen-bond acceptors (Lipinski definition) is 4. The number of hydrogen-bond donors (Lipinski definition) is 2. The highest BCUT2D eigenvalue weighted by Crippen LogP contribution is 2.24. The molecule has 6 heteroatoms. The van der Waals surface area contributed by atoms with Gasteiger partial charge in [-0.05, 0) is 37.3 Å². The smallest absolute Gasteiger partial charge is 0.259 e. The van der Waals surface area contributed by atoms with Crippen molar-refractivity contribution in [2.24, 2.45) is 0 Å². The molecule has 0 radical (unpaired) electrons. The highest BCUT2D eigenvalue weighted by Gasteiger charge is 2.17. The van der Waals surface area contributed by atoms with Gasteiger partial charge in [0.25, 0.3) is 11.8 Å². The third kappa shape index (κ3) is 3.84. The van der Waals surface area contributed by atoms with Crippen LogP contribution in [0.5, 0.6) is 11.5 Å². The molecule has 2 N–H and O–H groups in total. The molecule has 2 aromatic carbocycles. The largest absolute Gasteiger partial charge is 0.497 e. The summed E-state index contributed by atoms with van der Waals surface area (Å²) in [4.78, 5) is 24.6. The molecule has 0 fully saturated rings. The topological polar surface area (TPSA) is 76.7 Å². The molecule has 6 nitrogen and oxygen atoms in total. The first-order chi connectivity index (χ1) is 11.6. The highest BCUT2D eigenvalue weighted by atomic mass is 16.5. The Kier molecular flexibility index (Phi) is 5.78. The van der Waals surface area contributed by atoms with Crippen LogP contribution in [0.1, 0.15) is 27.6 Å². The first-order valence-electron chi connectivity index (χ1n) is 7.54. The van der Waals surface area contributed by atoms with E-state index >= 15 is 0 Å². The van der Waals surface area contributed by atoms with Crippen LogP contribution < -0.4 is 20.1 Å². The molecule has 0 bridgehead atoms. The number of amides is 2. The van der Waals surface area contributed by atoms with Crippen molar-refractivity contribution in [3.05, 3.63) is 53.6 Å². The summed E-state index contributed by atoms with van der Waals surface area (Å²) < 4.78 is 10.6. The van der Waals surface area contributed by atoms with Crippen LogP contribution in [-0.4, -0.2) is 32.6 Å². The number of nitrogens with one attached hydrogen (secondary N) is 2. The quantitative estimate of drug-likeness (QED) is 0.855. The standard InChI is InChI=1S/C18H20N2O4/c1-4-24-16-8-6-5-7-13(16)18(22)20-15-10-9-12(23-3)11-14(15)17(21)19-2/h5-11H,4H2,1-3H3,(H,19,21)(H,20,22). The van der Waals surface area contributed by atoms with Crippen molar-refractivity contribution in [2.75, 3.05) is 26.1 Å². The van der Waals surface area contributed by atoms with Crippen LogP contribution in [0.2, 0.25) is 0 Å². The minimum atomic E-state index is -0.352. The Labute approximate surface area is 140 Å². The monoisotopic (exact) mass is 328 g/mol. The minimum Gasteiger partial charge on any atom is -0.497 e. The molecular weight excluding hydrogens is 308 g/mol. The Hall–Kier alpha value is -3.02. The third-order valence-electron chi connectivity index (χ3n) is 3.38. The predicted molar refractivity (Wildman–Crippen MR) is 91.9 cm³/mol. The molecule has 0 saturated carbocycles. The Morgan fingerprint density at radius 1 is 1.04 bits per heavy atom. The van der Waals surface area contributed by atoms with E-state index in [4.69, 9.17) is 9.47 Å². The molecule has 0 aliphatic carbocycles. The molecule has 0 unspecified atom stereocenters. The minimum absolute atomic E-state index is 0.317. The summed E-state index contributed by atoms with van der Waals surface area (Å²) in [6.45, 7) is 2.30. The summed E-state index contributed by atoms with van der Waals surface area (Å²) in [6, 6.07) is 11.8. The van der Waals surface area contributed by atoms with Crippen molar-refractivity contribution >= 4 is 17.5 Å². The molecule has 24 heavy (non-hydrogen) atoms. The van der Waals surface area contributed by atoms with Crippen LogP contribution in [0.4, 0.5) is 5.69 Å². The second-order valence-electron chi connectivity index (χ2n) is 4.87. The number of ether oxygens (including phenoxy) is 2. The lowest BCUT2D eigenvalue weighted by Gasteiger charge is -2.13. The molecule has 0 heterocycles. The summed E-state index contributed by atoms with van der Waals surface area (Å²) in [5.74, 6) is 0.352. The maximum Gasteiger partial charge on any atom is 0.259 e. The maximum absolute atomic E-state index is 12.6. The fourth-order valence-electron chi connectivity index (χ4n) is 2.21. The zero-order valence-electron chi connectivity index (χ0n) is 13.9. The molecule has 2 aromatic rings. The summed E-state index contributed by atoms with van der Waals surface area (Å²) in [7, 11) is 3.04. The lowest BCUT2D eigenvalue weighted by molar-refractivity contribution is 0.0963. The molecule has 0 aromatic heterocycles. The number of carbonyl (C=O) groups excluding carboxylic acids is 2. The zero-order valence-corrected chi connectivity index (χ0v) is 13.9. The van der Waals surface area contributed by atoms with Crippen molar-refractivity contribution in [1.29, 1.82) is 0 Å². The first-order valence-corrected chi connectivity index (χ1v) is 7.54. The van der Waals surface area contributed by atoms with Gasteiger partial charge in [-0.3, -0.25) is 9.59 Å². The number of methoxy groups -OCH3 is 1. The SMILES string of the molecule is CCOc1ccccc1C(=O)Nc1ccc(OC)cc1C(=O)NC. The van der Waals surface area contributed by atoms with Crippen LogP contribution >= 0.6 is 0 Å². The Morgan fingerprint density at radius 2 is 1.79 bits per heavy atom. The average molecular weight is 328 g/mol. The lowest BCUT2D eigenvalue weighted by atomic mass is 10.1. The molecule has 0 spiro atoms. The van der Waals surface area contributed by atoms with E-state index in [0.29, 0.717) is 34.9 Å². The van der Waals surface area contributed by atoms with Crippen molar-refractivity contribution in [2.45, 2.75) is 6.92 Å². The molecule has 0 atom stereocenters. The number of para-hydroxylation sites is 1. The molecule has 2 rings (SSSR count). The van der Waals surface area contributed by atoms with Gasteiger partial charge in [0, 0.05) is 7.05 Å². The van der Waals surface area contributed by atoms with E-state index in [2.05, 4.69) is 10.6 Å². The van der Waals surface area contributed by atoms with Crippen LogP contribution in [0.25, 0.3) is 0 Å². The molecule has 0 aliphatic rings. The normalized spacial score (nSPS) is 9.96. The predicted octanol–water partition coefficient (Wildman–Crippen LogP) is 2.71. The van der Waals surface area contributed by atoms with Gasteiger partial charge in [-0.15, -0.1) is 0 Å². The van der Waals surface area contributed by atoms with Gasteiger partial charge in [0.2, 0.25) is 0 Å². The van der Waals surface area contributed by atoms with Crippen LogP contribution in [0.3, 0.4) is 0 Å². The third-order valence-corrected chi connectivity index (χ3v) is 3.38. The van der Waals surface area contributed by atoms with Crippen molar-refractivity contribution in [1.82, 2.24) is 5.32 Å². The van der Waals surface area contributed by atoms with Crippen LogP contribution in [-0.2, 0) is 0 Å². The molecule has 0 saturated heterocycles. The zero-order chi connectivity index (χ0) is 17.5. The second kappa shape index (κ2) is 8.01. The first kappa shape index (κ1) is 17.3. The molecule has 2 amide bonds. The highest BCUT2D eigenvalue weighted by molar-refractivity contribution is 6.10. The average Bonchev–Trinajstić information content (AvgIpc) is 2.62. The summed E-state index contributed by atoms with van der Waals surface area (Å²) in [5, 5.41) is 5.30. The van der Waals surface area contributed by atoms with E-state index in [9.17, 15) is 9.59 Å². The van der Waals surface area contributed by atoms with Crippen LogP contribution in [0.15, 0.2) is 42.5 Å². The fraction of sp³-hybridized carbons (Fsp3) is 0.222. The van der Waals surface area contributed by atoms with Crippen molar-refractivity contribution in [3.63, 3.8) is 0 Å². The van der Waals surface area contributed by atoms with E-state index in [1.807, 2.05) is 6.92 Å². The summed E-state index contributed by atoms with van der Waals surface area (Å²) in [5.41, 5.74) is 1.11. The maximum atomic E-state index is 12.6. The number of rotatable bonds is 6. The van der Waals surface area contributed by atoms with Crippen molar-refractivity contribution in [3.8, 4) is 11.5 Å². The van der Waals surface area contributed by atoms with Crippen LogP contribution in [0, 0.1) is 0 Å². The fourth-order valence-corrected chi connectivity index (χ4v) is 2.21. The van der Waals surface area contributed by atoms with E-state index in [1.54, 1.807) is 42.5 Å². The number of benzene rings is 2. The van der Waals surface area contributed by atoms with Gasteiger partial charge in [-0.25, -0.2) is 0 Å². The van der Waals surface area contributed by atoms with Gasteiger partial charge in [0.15, 0.2) is 0 Å². The van der Waals surface area contributed by atoms with E-state index in [0.717, 1.165) is 0 Å². The van der Waals surface area contributed by atoms with Gasteiger partial charge in [-0.2, -0.15) is 0 Å². The summed E-state index contributed by atoms with van der Waals surface area (Å²) in [6.07, 6.45) is 0. The van der Waals surface area contributed by atoms with Gasteiger partial charge >= 0.3 is 0 Å². The number of anilines is 1. The van der Waals surface area contributed by atoms with Gasteiger partial charge in [0.1, 0.15) is 11.5 Å². The Balaban J connectivity index is 2.34. The summed E-state index contributed by atoms with van der Waals surface area (Å²) >= 11 is 0. The number of carbonyl (C=O) groups is 2. The second-order valence-corrected chi connectivity index (χ2v) is 4.87. The van der Waals surface area contributed by atoms with Gasteiger partial charge < -0.3 is 20.1 Å². The molecule has 126 valence electrons.